The molecule has 0 aliphatic carbocycles. The number of aliphatic hydroxyl groups excluding tert-OH is 1. The number of hydrogen-bond donors (Lipinski definition) is 2. The third-order valence-electron chi connectivity index (χ3n) is 2.80. The summed E-state index contributed by atoms with van der Waals surface area (Å²) in [5.74, 6) is 0. The lowest BCUT2D eigenvalue weighted by molar-refractivity contribution is 0.151. The molecule has 0 heterocycles. The van der Waals surface area contributed by atoms with Gasteiger partial charge in [-0.3, -0.25) is 0 Å². The molecule has 1 rings (SSSR count). The average molecular weight is 243 g/mol. The third kappa shape index (κ3) is 4.79. The van der Waals surface area contributed by atoms with Gasteiger partial charge in [0.25, 0.3) is 6.43 Å². The fraction of sp³-hybridized carbons (Fsp3) is 0.538. The van der Waals surface area contributed by atoms with Crippen molar-refractivity contribution in [3.05, 3.63) is 35.4 Å². The van der Waals surface area contributed by atoms with Crippen molar-refractivity contribution >= 4 is 0 Å². The van der Waals surface area contributed by atoms with Gasteiger partial charge in [0.2, 0.25) is 0 Å². The van der Waals surface area contributed by atoms with Crippen molar-refractivity contribution in [1.29, 1.82) is 0 Å². The fourth-order valence-electron chi connectivity index (χ4n) is 1.65. The van der Waals surface area contributed by atoms with Crippen LogP contribution in [0.5, 0.6) is 0 Å². The molecule has 0 aliphatic heterocycles. The Hall–Kier alpha value is -1.00. The monoisotopic (exact) mass is 243 g/mol. The molecule has 0 spiro atoms. The predicted molar refractivity (Wildman–Crippen MR) is 64.0 cm³/mol. The highest BCUT2D eigenvalue weighted by Crippen LogP contribution is 2.18. The van der Waals surface area contributed by atoms with Crippen molar-refractivity contribution in [1.82, 2.24) is 5.32 Å². The molecule has 1 aromatic carbocycles. The van der Waals surface area contributed by atoms with E-state index in [0.29, 0.717) is 13.0 Å². The zero-order valence-electron chi connectivity index (χ0n) is 10.00. The predicted octanol–water partition coefficient (Wildman–Crippen LogP) is 2.87. The maximum atomic E-state index is 12.3. The van der Waals surface area contributed by atoms with E-state index in [1.165, 1.54) is 12.1 Å². The molecule has 1 aromatic rings. The molecule has 0 bridgehead atoms. The summed E-state index contributed by atoms with van der Waals surface area (Å²) in [6, 6.07) is 6.60. The minimum atomic E-state index is -2.41. The molecular weight excluding hydrogens is 224 g/mol. The second-order valence-electron chi connectivity index (χ2n) is 4.04. The van der Waals surface area contributed by atoms with E-state index in [0.717, 1.165) is 12.0 Å². The van der Waals surface area contributed by atoms with Gasteiger partial charge in [-0.15, -0.1) is 0 Å². The van der Waals surface area contributed by atoms with E-state index in [2.05, 4.69) is 5.32 Å². The Morgan fingerprint density at radius 2 is 1.88 bits per heavy atom. The van der Waals surface area contributed by atoms with Gasteiger partial charge >= 0.3 is 0 Å². The van der Waals surface area contributed by atoms with Gasteiger partial charge in [-0.1, -0.05) is 31.2 Å². The zero-order valence-corrected chi connectivity index (χ0v) is 10.00. The molecule has 1 unspecified atom stereocenters. The molecule has 0 radical (unpaired) electrons. The standard InChI is InChI=1S/C13H19F2NO/c1-2-12(7-8-17)16-9-10-3-5-11(6-4-10)13(14)15/h3-6,12-13,16-17H,2,7-9H2,1H3. The van der Waals surface area contributed by atoms with Crippen LogP contribution in [0.2, 0.25) is 0 Å². The van der Waals surface area contributed by atoms with Gasteiger partial charge in [0.1, 0.15) is 0 Å². The Bertz CT molecular complexity index is 314. The number of halogens is 2. The summed E-state index contributed by atoms with van der Waals surface area (Å²) < 4.78 is 24.6. The molecule has 1 atom stereocenters. The normalized spacial score (nSPS) is 13.0. The van der Waals surface area contributed by atoms with Crippen LogP contribution in [0.25, 0.3) is 0 Å². The minimum absolute atomic E-state index is 0.0520. The Morgan fingerprint density at radius 3 is 2.35 bits per heavy atom. The van der Waals surface area contributed by atoms with Crippen molar-refractivity contribution in [3.63, 3.8) is 0 Å². The minimum Gasteiger partial charge on any atom is -0.396 e. The number of benzene rings is 1. The van der Waals surface area contributed by atoms with E-state index < -0.39 is 6.43 Å². The quantitative estimate of drug-likeness (QED) is 0.771. The molecule has 96 valence electrons. The number of aliphatic hydroxyl groups is 1. The highest BCUT2D eigenvalue weighted by atomic mass is 19.3. The van der Waals surface area contributed by atoms with Gasteiger partial charge in [-0.05, 0) is 18.4 Å². The molecule has 0 amide bonds. The van der Waals surface area contributed by atoms with Gasteiger partial charge < -0.3 is 10.4 Å². The summed E-state index contributed by atoms with van der Waals surface area (Å²) in [6.07, 6.45) is -0.754. The van der Waals surface area contributed by atoms with Crippen LogP contribution < -0.4 is 5.32 Å². The highest BCUT2D eigenvalue weighted by molar-refractivity contribution is 5.23. The van der Waals surface area contributed by atoms with Crippen LogP contribution >= 0.6 is 0 Å². The Labute approximate surface area is 101 Å². The van der Waals surface area contributed by atoms with Crippen LogP contribution in [0.3, 0.4) is 0 Å². The first-order chi connectivity index (χ1) is 8.17. The van der Waals surface area contributed by atoms with Crippen LogP contribution in [0.4, 0.5) is 8.78 Å². The first-order valence-electron chi connectivity index (χ1n) is 5.88. The SMILES string of the molecule is CCC(CCO)NCc1ccc(C(F)F)cc1. The molecule has 0 saturated carbocycles. The molecule has 4 heteroatoms. The molecule has 0 aliphatic rings. The molecule has 0 fully saturated rings. The van der Waals surface area contributed by atoms with Crippen LogP contribution in [-0.4, -0.2) is 17.8 Å². The van der Waals surface area contributed by atoms with Gasteiger partial charge in [0, 0.05) is 24.8 Å². The van der Waals surface area contributed by atoms with Crippen molar-refractivity contribution in [2.75, 3.05) is 6.61 Å². The fourth-order valence-corrected chi connectivity index (χ4v) is 1.65. The first kappa shape index (κ1) is 14.1. The van der Waals surface area contributed by atoms with Crippen molar-refractivity contribution in [3.8, 4) is 0 Å². The van der Waals surface area contributed by atoms with E-state index in [1.54, 1.807) is 12.1 Å². The highest BCUT2D eigenvalue weighted by Gasteiger charge is 2.07. The molecule has 0 saturated heterocycles. The number of nitrogens with one attached hydrogen (secondary N) is 1. The molecule has 0 aromatic heterocycles. The van der Waals surface area contributed by atoms with Gasteiger partial charge in [-0.2, -0.15) is 0 Å². The van der Waals surface area contributed by atoms with E-state index in [-0.39, 0.29) is 18.2 Å². The number of rotatable bonds is 7. The molecule has 2 N–H and O–H groups in total. The Kier molecular flexibility index (Phi) is 6.08. The molecular formula is C13H19F2NO. The Balaban J connectivity index is 2.46. The van der Waals surface area contributed by atoms with Crippen LogP contribution in [0.1, 0.15) is 37.3 Å². The van der Waals surface area contributed by atoms with E-state index >= 15 is 0 Å². The summed E-state index contributed by atoms with van der Waals surface area (Å²) in [5.41, 5.74) is 1.03. The van der Waals surface area contributed by atoms with Gasteiger partial charge in [0.05, 0.1) is 0 Å². The summed E-state index contributed by atoms with van der Waals surface area (Å²) in [4.78, 5) is 0. The van der Waals surface area contributed by atoms with Crippen molar-refractivity contribution < 1.29 is 13.9 Å². The largest absolute Gasteiger partial charge is 0.396 e. The lowest BCUT2D eigenvalue weighted by atomic mass is 10.1. The number of hydrogen-bond acceptors (Lipinski definition) is 2. The summed E-state index contributed by atoms with van der Waals surface area (Å²) in [5, 5.41) is 12.1. The lowest BCUT2D eigenvalue weighted by Crippen LogP contribution is -2.28. The van der Waals surface area contributed by atoms with Gasteiger partial charge in [-0.25, -0.2) is 8.78 Å². The average Bonchev–Trinajstić information content (AvgIpc) is 2.35. The third-order valence-corrected chi connectivity index (χ3v) is 2.80. The lowest BCUT2D eigenvalue weighted by Gasteiger charge is -2.15. The Morgan fingerprint density at radius 1 is 1.24 bits per heavy atom. The summed E-state index contributed by atoms with van der Waals surface area (Å²) in [6.45, 7) is 2.85. The summed E-state index contributed by atoms with van der Waals surface area (Å²) in [7, 11) is 0. The topological polar surface area (TPSA) is 32.3 Å². The second-order valence-corrected chi connectivity index (χ2v) is 4.04. The summed E-state index contributed by atoms with van der Waals surface area (Å²) >= 11 is 0. The van der Waals surface area contributed by atoms with Crippen molar-refractivity contribution in [2.45, 2.75) is 38.8 Å². The van der Waals surface area contributed by atoms with E-state index in [1.807, 2.05) is 6.92 Å². The van der Waals surface area contributed by atoms with Crippen LogP contribution in [-0.2, 0) is 6.54 Å². The maximum Gasteiger partial charge on any atom is 0.263 e. The second kappa shape index (κ2) is 7.35. The zero-order chi connectivity index (χ0) is 12.7. The molecule has 17 heavy (non-hydrogen) atoms. The number of alkyl halides is 2. The van der Waals surface area contributed by atoms with Gasteiger partial charge in [0.15, 0.2) is 0 Å². The van der Waals surface area contributed by atoms with Crippen molar-refractivity contribution in [2.24, 2.45) is 0 Å². The van der Waals surface area contributed by atoms with Crippen LogP contribution in [0.15, 0.2) is 24.3 Å². The first-order valence-corrected chi connectivity index (χ1v) is 5.88. The van der Waals surface area contributed by atoms with Crippen LogP contribution in [0, 0.1) is 0 Å². The molecule has 2 nitrogen and oxygen atoms in total. The smallest absolute Gasteiger partial charge is 0.263 e. The van der Waals surface area contributed by atoms with E-state index in [9.17, 15) is 8.78 Å². The van der Waals surface area contributed by atoms with E-state index in [4.69, 9.17) is 5.11 Å². The maximum absolute atomic E-state index is 12.3.